The first-order chi connectivity index (χ1) is 9.73. The Balaban J connectivity index is 3.14. The third-order valence-corrected chi connectivity index (χ3v) is 3.68. The Bertz CT molecular complexity index is 535. The van der Waals surface area contributed by atoms with Crippen LogP contribution in [0.4, 0.5) is 8.78 Å². The lowest BCUT2D eigenvalue weighted by atomic mass is 10.00. The first kappa shape index (κ1) is 17.7. The van der Waals surface area contributed by atoms with Crippen molar-refractivity contribution in [2.75, 3.05) is 7.05 Å². The molecule has 116 valence electrons. The summed E-state index contributed by atoms with van der Waals surface area (Å²) in [4.78, 5) is 0. The predicted octanol–water partition coefficient (Wildman–Crippen LogP) is 2.45. The molecule has 7 heteroatoms. The number of nitrogens with two attached hydrogens (primary N) is 1. The lowest BCUT2D eigenvalue weighted by Gasteiger charge is -2.23. The predicted molar refractivity (Wildman–Crippen MR) is 90.5 cm³/mol. The molecule has 1 aliphatic rings. The van der Waals surface area contributed by atoms with Gasteiger partial charge in [0.2, 0.25) is 0 Å². The summed E-state index contributed by atoms with van der Waals surface area (Å²) in [6.07, 6.45) is 4.85. The van der Waals surface area contributed by atoms with Gasteiger partial charge in [-0.15, -0.1) is 0 Å². The number of alkyl halides is 3. The molecule has 0 saturated carbocycles. The molecule has 0 aromatic carbocycles. The van der Waals surface area contributed by atoms with Crippen LogP contribution in [-0.2, 0) is 0 Å². The van der Waals surface area contributed by atoms with E-state index in [9.17, 15) is 8.78 Å². The molecule has 0 radical (unpaired) electrons. The second-order valence-corrected chi connectivity index (χ2v) is 5.88. The number of nitrogens with one attached hydrogen (secondary N) is 3. The van der Waals surface area contributed by atoms with E-state index in [0.29, 0.717) is 11.3 Å². The summed E-state index contributed by atoms with van der Waals surface area (Å²) in [6, 6.07) is 0. The normalized spacial score (nSPS) is 19.1. The smallest absolute Gasteiger partial charge is 0.293 e. The molecule has 0 spiro atoms. The third-order valence-electron chi connectivity index (χ3n) is 2.96. The van der Waals surface area contributed by atoms with E-state index < -0.39 is 5.92 Å². The van der Waals surface area contributed by atoms with Gasteiger partial charge in [0, 0.05) is 30.1 Å². The summed E-state index contributed by atoms with van der Waals surface area (Å²) in [6.45, 7) is 7.97. The van der Waals surface area contributed by atoms with Crippen molar-refractivity contribution in [3.05, 3.63) is 59.6 Å². The first-order valence-electron chi connectivity index (χ1n) is 6.16. The quantitative estimate of drug-likeness (QED) is 0.104. The van der Waals surface area contributed by atoms with Gasteiger partial charge in [-0.05, 0) is 24.6 Å². The molecule has 1 atom stereocenters. The van der Waals surface area contributed by atoms with Gasteiger partial charge >= 0.3 is 0 Å². The molecular weight excluding hydrogens is 389 g/mol. The number of allylic oxidation sites excluding steroid dienone is 3. The van der Waals surface area contributed by atoms with Crippen LogP contribution in [0, 0.1) is 0 Å². The van der Waals surface area contributed by atoms with Gasteiger partial charge in [0.25, 0.3) is 5.92 Å². The van der Waals surface area contributed by atoms with E-state index in [1.165, 1.54) is 13.0 Å². The van der Waals surface area contributed by atoms with E-state index in [4.69, 9.17) is 5.84 Å². The van der Waals surface area contributed by atoms with Crippen molar-refractivity contribution < 1.29 is 8.78 Å². The van der Waals surface area contributed by atoms with Gasteiger partial charge in [0.05, 0.1) is 9.75 Å². The van der Waals surface area contributed by atoms with E-state index in [1.807, 2.05) is 6.08 Å². The number of hydrazine groups is 1. The molecule has 1 aliphatic heterocycles. The van der Waals surface area contributed by atoms with Crippen LogP contribution in [0.5, 0.6) is 0 Å². The third kappa shape index (κ3) is 4.07. The zero-order valence-corrected chi connectivity index (χ0v) is 14.1. The van der Waals surface area contributed by atoms with Gasteiger partial charge in [-0.25, -0.2) is 0 Å². The number of likely N-dealkylation sites (N-methyl/N-ethyl adjacent to an activating group) is 1. The van der Waals surface area contributed by atoms with Crippen molar-refractivity contribution in [1.29, 1.82) is 0 Å². The Morgan fingerprint density at radius 2 is 2.14 bits per heavy atom. The van der Waals surface area contributed by atoms with E-state index in [1.54, 1.807) is 13.2 Å². The summed E-state index contributed by atoms with van der Waals surface area (Å²) in [5.41, 5.74) is 3.55. The molecule has 1 unspecified atom stereocenters. The maximum absolute atomic E-state index is 13.9. The van der Waals surface area contributed by atoms with Crippen LogP contribution in [0.3, 0.4) is 0 Å². The van der Waals surface area contributed by atoms with Crippen molar-refractivity contribution in [2.45, 2.75) is 16.9 Å². The van der Waals surface area contributed by atoms with Crippen LogP contribution < -0.4 is 21.9 Å². The number of halogens is 3. The SMILES string of the molecule is C=C(C)C(F)(F)C(=C)/C=C(\NN)C1=CNC(I)C=C1NC. The first-order valence-corrected chi connectivity index (χ1v) is 7.40. The molecule has 0 amide bonds. The average molecular weight is 408 g/mol. The van der Waals surface area contributed by atoms with Gasteiger partial charge in [-0.1, -0.05) is 35.7 Å². The Hall–Kier alpha value is -1.35. The zero-order chi connectivity index (χ0) is 16.2. The molecule has 1 rings (SSSR count). The minimum Gasteiger partial charge on any atom is -0.388 e. The maximum atomic E-state index is 13.9. The molecule has 0 saturated heterocycles. The Labute approximate surface area is 137 Å². The summed E-state index contributed by atoms with van der Waals surface area (Å²) in [5, 5.41) is 6.09. The Morgan fingerprint density at radius 3 is 2.62 bits per heavy atom. The van der Waals surface area contributed by atoms with Gasteiger partial charge in [-0.3, -0.25) is 5.84 Å². The van der Waals surface area contributed by atoms with Crippen molar-refractivity contribution in [3.8, 4) is 0 Å². The van der Waals surface area contributed by atoms with Crippen LogP contribution >= 0.6 is 22.6 Å². The molecule has 0 aromatic rings. The fourth-order valence-corrected chi connectivity index (χ4v) is 2.24. The Morgan fingerprint density at radius 1 is 1.52 bits per heavy atom. The fraction of sp³-hybridized carbons (Fsp3) is 0.286. The highest BCUT2D eigenvalue weighted by atomic mass is 127. The van der Waals surface area contributed by atoms with Crippen molar-refractivity contribution >= 4 is 22.6 Å². The van der Waals surface area contributed by atoms with Crippen LogP contribution in [0.25, 0.3) is 0 Å². The Kier molecular flexibility index (Phi) is 5.97. The van der Waals surface area contributed by atoms with E-state index in [-0.39, 0.29) is 15.2 Å². The zero-order valence-electron chi connectivity index (χ0n) is 11.9. The monoisotopic (exact) mass is 408 g/mol. The van der Waals surface area contributed by atoms with E-state index in [0.717, 1.165) is 5.70 Å². The lowest BCUT2D eigenvalue weighted by Crippen LogP contribution is -2.31. The number of rotatable bonds is 6. The molecule has 0 fully saturated rings. The topological polar surface area (TPSA) is 62.1 Å². The van der Waals surface area contributed by atoms with Crippen LogP contribution in [0.2, 0.25) is 0 Å². The van der Waals surface area contributed by atoms with Gasteiger partial charge in [-0.2, -0.15) is 8.78 Å². The summed E-state index contributed by atoms with van der Waals surface area (Å²) in [5.74, 6) is 2.29. The van der Waals surface area contributed by atoms with Gasteiger partial charge in [0.15, 0.2) is 0 Å². The fourth-order valence-electron chi connectivity index (χ4n) is 1.70. The second-order valence-electron chi connectivity index (χ2n) is 4.54. The number of dihydropyridines is 1. The van der Waals surface area contributed by atoms with Crippen molar-refractivity contribution in [1.82, 2.24) is 16.1 Å². The van der Waals surface area contributed by atoms with E-state index >= 15 is 0 Å². The van der Waals surface area contributed by atoms with Crippen molar-refractivity contribution in [3.63, 3.8) is 0 Å². The number of hydrogen-bond acceptors (Lipinski definition) is 4. The molecule has 21 heavy (non-hydrogen) atoms. The average Bonchev–Trinajstić information content (AvgIpc) is 2.44. The van der Waals surface area contributed by atoms with Crippen molar-refractivity contribution in [2.24, 2.45) is 5.84 Å². The molecule has 1 heterocycles. The van der Waals surface area contributed by atoms with Gasteiger partial charge < -0.3 is 16.1 Å². The largest absolute Gasteiger partial charge is 0.388 e. The summed E-state index contributed by atoms with van der Waals surface area (Å²) < 4.78 is 27.8. The molecule has 0 bridgehead atoms. The molecule has 0 aliphatic carbocycles. The highest BCUT2D eigenvalue weighted by Crippen LogP contribution is 2.32. The van der Waals surface area contributed by atoms with E-state index in [2.05, 4.69) is 51.8 Å². The molecule has 4 nitrogen and oxygen atoms in total. The number of hydrogen-bond donors (Lipinski definition) is 4. The molecule has 5 N–H and O–H groups in total. The minimum absolute atomic E-state index is 0.105. The highest BCUT2D eigenvalue weighted by molar-refractivity contribution is 14.1. The van der Waals surface area contributed by atoms with Crippen LogP contribution in [0.15, 0.2) is 59.6 Å². The lowest BCUT2D eigenvalue weighted by molar-refractivity contribution is 0.0881. The molecular formula is C14H19F2IN4. The van der Waals surface area contributed by atoms with Crippen LogP contribution in [0.1, 0.15) is 6.92 Å². The summed E-state index contributed by atoms with van der Waals surface area (Å²) >= 11 is 2.20. The standard InChI is InChI=1S/C14H19F2IN4/c1-8(2)14(15,16)9(3)5-12(21-18)10-7-20-13(17)6-11(10)19-4/h5-7,13,19-21H,1,3,18H2,2,4H3/b12-5-. The summed E-state index contributed by atoms with van der Waals surface area (Å²) in [7, 11) is 1.75. The minimum atomic E-state index is -3.18. The second kappa shape index (κ2) is 7.08. The maximum Gasteiger partial charge on any atom is 0.293 e. The van der Waals surface area contributed by atoms with Crippen LogP contribution in [-0.4, -0.2) is 17.0 Å². The van der Waals surface area contributed by atoms with Gasteiger partial charge in [0.1, 0.15) is 0 Å². The molecule has 0 aromatic heterocycles. The highest BCUT2D eigenvalue weighted by Gasteiger charge is 2.33.